The third kappa shape index (κ3) is 8.99. The van der Waals surface area contributed by atoms with Gasteiger partial charge >= 0.3 is 0 Å². The molecule has 0 amide bonds. The van der Waals surface area contributed by atoms with Crippen molar-refractivity contribution in [3.8, 4) is 112 Å². The van der Waals surface area contributed by atoms with Crippen LogP contribution in [0.25, 0.3) is 156 Å². The Hall–Kier alpha value is -13.2. The molecule has 502 valence electrons. The maximum Gasteiger partial charge on any atom is 0.160 e. The molecule has 0 N–H and O–H groups in total. The normalized spacial score (nSPS) is 14.5. The highest BCUT2D eigenvalue weighted by Crippen LogP contribution is 2.67. The van der Waals surface area contributed by atoms with Crippen LogP contribution in [0.5, 0.6) is 0 Å². The summed E-state index contributed by atoms with van der Waals surface area (Å²) in [6.45, 7) is 0. The average molecular weight is 1410 g/mol. The van der Waals surface area contributed by atoms with Crippen LogP contribution in [0.15, 0.2) is 380 Å². The van der Waals surface area contributed by atoms with Gasteiger partial charge < -0.3 is 8.83 Å². The smallest absolute Gasteiger partial charge is 0.160 e. The Bertz CT molecular complexity index is 6920. The summed E-state index contributed by atoms with van der Waals surface area (Å²) in [4.78, 5) is 26.7. The topological polar surface area (TPSA) is 77.8 Å². The van der Waals surface area contributed by atoms with Crippen LogP contribution in [0, 0.1) is 0 Å². The molecule has 6 heterocycles. The van der Waals surface area contributed by atoms with E-state index in [1.807, 2.05) is 47.8 Å². The van der Waals surface area contributed by atoms with Crippen molar-refractivity contribution in [2.45, 2.75) is 30.4 Å². The first-order chi connectivity index (χ1) is 53.5. The Labute approximate surface area is 630 Å². The van der Waals surface area contributed by atoms with Gasteiger partial charge in [-0.2, -0.15) is 0 Å². The largest absolute Gasteiger partial charge is 0.456 e. The highest BCUT2D eigenvalue weighted by atomic mass is 32.2. The average Bonchev–Trinajstić information content (AvgIpc) is 1.51. The highest BCUT2D eigenvalue weighted by Gasteiger charge is 2.53. The standard InChI is InChI=1S/C100H58N4O2S2/c1-4-24-59(25-5-1)84-57-86(103-97(101-84)61-28-8-3-9-29-61)65-32-20-30-62(50-65)63-48-49-76-71(52-63)72-55-90-73(68-34-10-15-43-88(68)105-90)53-82(72)99(76)79-40-14-19-47-94(79)108-96-67(36-22-42-81(96)99)64-31-21-33-66(51-64)98-102-85(60-26-6-2-7-27-60)58-87(104-98)70-37-23-41-80-95(70)75-56-91-74(69-35-11-16-44-89(69)106-91)54-83(75)100(80)77-38-12-17-45-92(77)107-93-46-18-13-39-78(93)100/h1-58H. The molecule has 2 aliphatic heterocycles. The first-order valence-corrected chi connectivity index (χ1v) is 38.3. The molecule has 0 saturated carbocycles. The molecule has 0 radical (unpaired) electrons. The van der Waals surface area contributed by atoms with E-state index in [2.05, 4.69) is 328 Å². The molecule has 6 nitrogen and oxygen atoms in total. The van der Waals surface area contributed by atoms with E-state index in [4.69, 9.17) is 28.8 Å². The second-order valence-corrected chi connectivity index (χ2v) is 30.7. The van der Waals surface area contributed by atoms with Crippen molar-refractivity contribution in [1.29, 1.82) is 0 Å². The number of hydrogen-bond acceptors (Lipinski definition) is 8. The molecule has 4 aliphatic rings. The lowest BCUT2D eigenvalue weighted by Gasteiger charge is -2.40. The van der Waals surface area contributed by atoms with Gasteiger partial charge in [-0.1, -0.05) is 290 Å². The zero-order valence-corrected chi connectivity index (χ0v) is 59.5. The fourth-order valence-electron chi connectivity index (χ4n) is 18.2. The van der Waals surface area contributed by atoms with Gasteiger partial charge in [0.2, 0.25) is 0 Å². The maximum absolute atomic E-state index is 6.83. The van der Waals surface area contributed by atoms with E-state index in [1.54, 1.807) is 0 Å². The van der Waals surface area contributed by atoms with Crippen LogP contribution in [0.1, 0.15) is 44.5 Å². The molecular formula is C100H58N4O2S2. The second-order valence-electron chi connectivity index (χ2n) is 28.5. The van der Waals surface area contributed by atoms with Crippen LogP contribution in [-0.4, -0.2) is 19.9 Å². The van der Waals surface area contributed by atoms with Gasteiger partial charge in [-0.15, -0.1) is 0 Å². The molecular weight excluding hydrogens is 1350 g/mol. The fraction of sp³-hybridized carbons (Fsp3) is 0.0200. The fourth-order valence-corrected chi connectivity index (χ4v) is 20.7. The van der Waals surface area contributed by atoms with E-state index in [0.717, 1.165) is 139 Å². The first kappa shape index (κ1) is 61.1. The van der Waals surface area contributed by atoms with Crippen molar-refractivity contribution in [2.75, 3.05) is 0 Å². The van der Waals surface area contributed by atoms with E-state index in [-0.39, 0.29) is 0 Å². The molecule has 8 heteroatoms. The lowest BCUT2D eigenvalue weighted by molar-refractivity contribution is 0.668. The molecule has 19 aromatic rings. The van der Waals surface area contributed by atoms with Crippen LogP contribution in [0.2, 0.25) is 0 Å². The van der Waals surface area contributed by atoms with Crippen LogP contribution in [0.3, 0.4) is 0 Å². The van der Waals surface area contributed by atoms with Crippen molar-refractivity contribution in [3.63, 3.8) is 0 Å². The van der Waals surface area contributed by atoms with Gasteiger partial charge in [0.15, 0.2) is 11.6 Å². The summed E-state index contributed by atoms with van der Waals surface area (Å²) in [6, 6.07) is 128. The predicted molar refractivity (Wildman–Crippen MR) is 439 cm³/mol. The summed E-state index contributed by atoms with van der Waals surface area (Å²) in [6.07, 6.45) is 0. The van der Waals surface area contributed by atoms with E-state index in [0.29, 0.717) is 11.6 Å². The SMILES string of the molecule is c1ccc(-c2cc(-c3cccc(-c4ccc5c(c4)-c4cc6oc7ccccc7c6cc4C54c5ccccc5Sc5c(-c6cccc(-c7nc(-c8ccccc8)cc(-c8cccc9c8-c8cc%10oc%11ccccc%11c%10cc8C98c9ccccc9Sc9ccccc98)n7)c6)cccc54)c3)nc(-c3ccccc3)n2)cc1. The first-order valence-electron chi connectivity index (χ1n) is 36.6. The van der Waals surface area contributed by atoms with Gasteiger partial charge in [-0.05, 0) is 174 Å². The molecule has 2 aliphatic carbocycles. The van der Waals surface area contributed by atoms with Crippen LogP contribution in [-0.2, 0) is 10.8 Å². The molecule has 1 atom stereocenters. The number of benzene rings is 15. The summed E-state index contributed by atoms with van der Waals surface area (Å²) >= 11 is 3.72. The Morgan fingerprint density at radius 2 is 0.639 bits per heavy atom. The monoisotopic (exact) mass is 1410 g/mol. The summed E-state index contributed by atoms with van der Waals surface area (Å²) in [5, 5.41) is 4.39. The summed E-state index contributed by atoms with van der Waals surface area (Å²) < 4.78 is 13.6. The van der Waals surface area contributed by atoms with Crippen LogP contribution >= 0.6 is 23.5 Å². The highest BCUT2D eigenvalue weighted by molar-refractivity contribution is 8.00. The summed E-state index contributed by atoms with van der Waals surface area (Å²) in [5.41, 5.74) is 30.3. The predicted octanol–water partition coefficient (Wildman–Crippen LogP) is 26.1. The quantitative estimate of drug-likeness (QED) is 0.149. The van der Waals surface area contributed by atoms with Gasteiger partial charge in [0.25, 0.3) is 0 Å². The number of fused-ring (bicyclic) bond motifs is 24. The van der Waals surface area contributed by atoms with Crippen molar-refractivity contribution in [3.05, 3.63) is 396 Å². The number of nitrogens with zero attached hydrogens (tertiary/aromatic N) is 4. The number of aromatic nitrogens is 4. The molecule has 4 aromatic heterocycles. The van der Waals surface area contributed by atoms with Gasteiger partial charge in [0.05, 0.1) is 33.6 Å². The lowest BCUT2D eigenvalue weighted by atomic mass is 9.66. The number of rotatable bonds is 8. The van der Waals surface area contributed by atoms with Gasteiger partial charge in [-0.3, -0.25) is 0 Å². The van der Waals surface area contributed by atoms with Gasteiger partial charge in [0.1, 0.15) is 22.3 Å². The number of hydrogen-bond donors (Lipinski definition) is 0. The lowest BCUT2D eigenvalue weighted by Crippen LogP contribution is -2.32. The Morgan fingerprint density at radius 1 is 0.213 bits per heavy atom. The minimum Gasteiger partial charge on any atom is -0.456 e. The zero-order chi connectivity index (χ0) is 70.8. The van der Waals surface area contributed by atoms with Crippen molar-refractivity contribution < 1.29 is 8.83 Å². The Morgan fingerprint density at radius 3 is 1.29 bits per heavy atom. The van der Waals surface area contributed by atoms with E-state index >= 15 is 0 Å². The van der Waals surface area contributed by atoms with E-state index in [9.17, 15) is 0 Å². The van der Waals surface area contributed by atoms with E-state index < -0.39 is 10.8 Å². The van der Waals surface area contributed by atoms with Crippen LogP contribution in [0.4, 0.5) is 0 Å². The maximum atomic E-state index is 6.83. The van der Waals surface area contributed by atoms with Gasteiger partial charge in [-0.25, -0.2) is 19.9 Å². The molecule has 15 aromatic carbocycles. The number of furan rings is 2. The minimum atomic E-state index is -0.739. The Balaban J connectivity index is 0.697. The third-order valence-corrected chi connectivity index (χ3v) is 25.2. The second kappa shape index (κ2) is 23.6. The number of para-hydroxylation sites is 2. The zero-order valence-electron chi connectivity index (χ0n) is 57.9. The summed E-state index contributed by atoms with van der Waals surface area (Å²) in [5.74, 6) is 1.32. The molecule has 0 fully saturated rings. The minimum absolute atomic E-state index is 0.637. The Kier molecular flexibility index (Phi) is 13.4. The molecule has 23 rings (SSSR count). The molecule has 0 bridgehead atoms. The molecule has 1 unspecified atom stereocenters. The third-order valence-electron chi connectivity index (χ3n) is 22.8. The van der Waals surface area contributed by atoms with Gasteiger partial charge in [0, 0.05) is 74.5 Å². The van der Waals surface area contributed by atoms with E-state index in [1.165, 1.54) is 69.7 Å². The van der Waals surface area contributed by atoms with Crippen molar-refractivity contribution in [1.82, 2.24) is 19.9 Å². The van der Waals surface area contributed by atoms with Crippen molar-refractivity contribution in [2.24, 2.45) is 0 Å². The summed E-state index contributed by atoms with van der Waals surface area (Å²) in [7, 11) is 0. The molecule has 108 heavy (non-hydrogen) atoms. The molecule has 2 spiro atoms. The van der Waals surface area contributed by atoms with Crippen molar-refractivity contribution >= 4 is 67.4 Å². The van der Waals surface area contributed by atoms with Crippen LogP contribution < -0.4 is 0 Å². The molecule has 0 saturated heterocycles.